The molecule has 3 heteroatoms. The van der Waals surface area contributed by atoms with Crippen molar-refractivity contribution in [3.8, 4) is 0 Å². The Hall–Kier alpha value is -1.51. The lowest BCUT2D eigenvalue weighted by Crippen LogP contribution is -2.17. The molecule has 1 heterocycles. The Balaban J connectivity index is 2.09. The molecular weight excluding hydrogens is 202 g/mol. The molecule has 1 aliphatic heterocycles. The minimum Gasteiger partial charge on any atom is -0.469 e. The van der Waals surface area contributed by atoms with Gasteiger partial charge in [-0.15, -0.1) is 0 Å². The van der Waals surface area contributed by atoms with Crippen molar-refractivity contribution in [1.82, 2.24) is 0 Å². The van der Waals surface area contributed by atoms with Gasteiger partial charge in [-0.2, -0.15) is 0 Å². The predicted octanol–water partition coefficient (Wildman–Crippen LogP) is 2.00. The maximum absolute atomic E-state index is 11.2. The van der Waals surface area contributed by atoms with Crippen molar-refractivity contribution in [2.24, 2.45) is 0 Å². The quantitative estimate of drug-likeness (QED) is 0.728. The molecule has 0 atom stereocenters. The van der Waals surface area contributed by atoms with Gasteiger partial charge in [-0.25, -0.2) is 0 Å². The second kappa shape index (κ2) is 5.01. The second-order valence-electron chi connectivity index (χ2n) is 4.12. The largest absolute Gasteiger partial charge is 0.469 e. The zero-order valence-corrected chi connectivity index (χ0v) is 9.61. The molecule has 0 spiro atoms. The molecule has 0 unspecified atom stereocenters. The highest BCUT2D eigenvalue weighted by Gasteiger charge is 2.12. The minimum absolute atomic E-state index is 0.182. The number of hydrogen-bond donors (Lipinski definition) is 0. The van der Waals surface area contributed by atoms with E-state index >= 15 is 0 Å². The van der Waals surface area contributed by atoms with Crippen LogP contribution in [0.4, 0.5) is 5.69 Å². The molecule has 0 N–H and O–H groups in total. The van der Waals surface area contributed by atoms with Crippen LogP contribution in [0.2, 0.25) is 0 Å². The molecule has 86 valence electrons. The van der Waals surface area contributed by atoms with Gasteiger partial charge in [0.2, 0.25) is 0 Å². The molecule has 1 saturated heterocycles. The Morgan fingerprint density at radius 2 is 2.12 bits per heavy atom. The predicted molar refractivity (Wildman–Crippen MR) is 63.6 cm³/mol. The molecule has 1 aromatic rings. The summed E-state index contributed by atoms with van der Waals surface area (Å²) in [5.41, 5.74) is 2.25. The molecule has 1 aliphatic rings. The number of esters is 1. The van der Waals surface area contributed by atoms with Gasteiger partial charge in [-0.3, -0.25) is 4.79 Å². The van der Waals surface area contributed by atoms with E-state index in [-0.39, 0.29) is 5.97 Å². The maximum Gasteiger partial charge on any atom is 0.309 e. The molecule has 1 fully saturated rings. The number of hydrogen-bond acceptors (Lipinski definition) is 3. The molecular formula is C13H17NO2. The van der Waals surface area contributed by atoms with Crippen LogP contribution >= 0.6 is 0 Å². The summed E-state index contributed by atoms with van der Waals surface area (Å²) in [6.07, 6.45) is 2.89. The fraction of sp³-hybridized carbons (Fsp3) is 0.462. The van der Waals surface area contributed by atoms with E-state index in [4.69, 9.17) is 0 Å². The van der Waals surface area contributed by atoms with Crippen LogP contribution in [0, 0.1) is 0 Å². The molecule has 0 amide bonds. The van der Waals surface area contributed by atoms with Crippen molar-refractivity contribution in [2.75, 3.05) is 25.1 Å². The van der Waals surface area contributed by atoms with E-state index in [0.29, 0.717) is 6.42 Å². The average Bonchev–Trinajstić information content (AvgIpc) is 2.83. The van der Waals surface area contributed by atoms with Crippen LogP contribution in [0.15, 0.2) is 24.3 Å². The van der Waals surface area contributed by atoms with Gasteiger partial charge in [0.05, 0.1) is 13.5 Å². The molecule has 16 heavy (non-hydrogen) atoms. The van der Waals surface area contributed by atoms with Gasteiger partial charge < -0.3 is 9.64 Å². The highest BCUT2D eigenvalue weighted by atomic mass is 16.5. The fourth-order valence-electron chi connectivity index (χ4n) is 2.08. The van der Waals surface area contributed by atoms with E-state index < -0.39 is 0 Å². The van der Waals surface area contributed by atoms with Crippen molar-refractivity contribution >= 4 is 11.7 Å². The molecule has 0 aliphatic carbocycles. The molecule has 0 aromatic heterocycles. The van der Waals surface area contributed by atoms with E-state index in [9.17, 15) is 4.79 Å². The van der Waals surface area contributed by atoms with Gasteiger partial charge in [0.15, 0.2) is 0 Å². The summed E-state index contributed by atoms with van der Waals surface area (Å²) >= 11 is 0. The van der Waals surface area contributed by atoms with Crippen LogP contribution in [0.1, 0.15) is 18.4 Å². The van der Waals surface area contributed by atoms with Crippen molar-refractivity contribution in [3.63, 3.8) is 0 Å². The summed E-state index contributed by atoms with van der Waals surface area (Å²) in [5, 5.41) is 0. The SMILES string of the molecule is COC(=O)Cc1cccc(N2CCCC2)c1. The first-order valence-corrected chi connectivity index (χ1v) is 5.70. The standard InChI is InChI=1S/C13H17NO2/c1-16-13(15)10-11-5-4-6-12(9-11)14-7-2-3-8-14/h4-6,9H,2-3,7-8,10H2,1H3. The summed E-state index contributed by atoms with van der Waals surface area (Å²) < 4.78 is 4.67. The Bertz CT molecular complexity index is 370. The second-order valence-corrected chi connectivity index (χ2v) is 4.12. The normalized spacial score (nSPS) is 15.2. The van der Waals surface area contributed by atoms with Gasteiger partial charge in [-0.05, 0) is 30.5 Å². The van der Waals surface area contributed by atoms with Gasteiger partial charge in [0, 0.05) is 18.8 Å². The lowest BCUT2D eigenvalue weighted by molar-refractivity contribution is -0.139. The Morgan fingerprint density at radius 1 is 1.38 bits per heavy atom. The number of anilines is 1. The highest BCUT2D eigenvalue weighted by molar-refractivity contribution is 5.73. The monoisotopic (exact) mass is 219 g/mol. The highest BCUT2D eigenvalue weighted by Crippen LogP contribution is 2.21. The van der Waals surface area contributed by atoms with Gasteiger partial charge in [0.1, 0.15) is 0 Å². The molecule has 0 bridgehead atoms. The third-order valence-electron chi connectivity index (χ3n) is 2.96. The lowest BCUT2D eigenvalue weighted by Gasteiger charge is -2.18. The summed E-state index contributed by atoms with van der Waals surface area (Å²) in [5.74, 6) is -0.182. The summed E-state index contributed by atoms with van der Waals surface area (Å²) in [7, 11) is 1.42. The Morgan fingerprint density at radius 3 is 2.81 bits per heavy atom. The van der Waals surface area contributed by atoms with Crippen LogP contribution in [0.25, 0.3) is 0 Å². The van der Waals surface area contributed by atoms with Crippen molar-refractivity contribution in [1.29, 1.82) is 0 Å². The topological polar surface area (TPSA) is 29.5 Å². The fourth-order valence-corrected chi connectivity index (χ4v) is 2.08. The van der Waals surface area contributed by atoms with E-state index in [2.05, 4.69) is 21.8 Å². The van der Waals surface area contributed by atoms with E-state index in [0.717, 1.165) is 18.7 Å². The van der Waals surface area contributed by atoms with Crippen molar-refractivity contribution in [3.05, 3.63) is 29.8 Å². The zero-order valence-electron chi connectivity index (χ0n) is 9.61. The Labute approximate surface area is 96.0 Å². The number of ether oxygens (including phenoxy) is 1. The molecule has 0 saturated carbocycles. The lowest BCUT2D eigenvalue weighted by atomic mass is 10.1. The number of benzene rings is 1. The van der Waals surface area contributed by atoms with Gasteiger partial charge >= 0.3 is 5.97 Å². The smallest absolute Gasteiger partial charge is 0.309 e. The summed E-state index contributed by atoms with van der Waals surface area (Å²) in [4.78, 5) is 13.5. The first-order valence-electron chi connectivity index (χ1n) is 5.70. The maximum atomic E-state index is 11.2. The van der Waals surface area contributed by atoms with Crippen LogP contribution < -0.4 is 4.90 Å². The number of rotatable bonds is 3. The molecule has 0 radical (unpaired) electrons. The number of carbonyl (C=O) groups excluding carboxylic acids is 1. The molecule has 2 rings (SSSR count). The van der Waals surface area contributed by atoms with E-state index in [1.165, 1.54) is 25.6 Å². The number of carbonyl (C=O) groups is 1. The van der Waals surface area contributed by atoms with Gasteiger partial charge in [0.25, 0.3) is 0 Å². The molecule has 3 nitrogen and oxygen atoms in total. The van der Waals surface area contributed by atoms with Crippen LogP contribution in [0.3, 0.4) is 0 Å². The molecule has 1 aromatic carbocycles. The number of nitrogens with zero attached hydrogens (tertiary/aromatic N) is 1. The number of methoxy groups -OCH3 is 1. The minimum atomic E-state index is -0.182. The Kier molecular flexibility index (Phi) is 3.44. The first-order chi connectivity index (χ1) is 7.79. The van der Waals surface area contributed by atoms with E-state index in [1.54, 1.807) is 0 Å². The van der Waals surface area contributed by atoms with E-state index in [1.807, 2.05) is 12.1 Å². The van der Waals surface area contributed by atoms with Crippen LogP contribution in [-0.2, 0) is 16.0 Å². The summed E-state index contributed by atoms with van der Waals surface area (Å²) in [6, 6.07) is 8.16. The third-order valence-corrected chi connectivity index (χ3v) is 2.96. The average molecular weight is 219 g/mol. The van der Waals surface area contributed by atoms with Gasteiger partial charge in [-0.1, -0.05) is 12.1 Å². The van der Waals surface area contributed by atoms with Crippen molar-refractivity contribution in [2.45, 2.75) is 19.3 Å². The first kappa shape index (κ1) is 11.0. The van der Waals surface area contributed by atoms with Crippen molar-refractivity contribution < 1.29 is 9.53 Å². The van der Waals surface area contributed by atoms with Crippen LogP contribution in [-0.4, -0.2) is 26.2 Å². The van der Waals surface area contributed by atoms with Crippen LogP contribution in [0.5, 0.6) is 0 Å². The third kappa shape index (κ3) is 2.54. The zero-order chi connectivity index (χ0) is 11.4. The summed E-state index contributed by atoms with van der Waals surface area (Å²) in [6.45, 7) is 2.25.